The molecule has 0 aromatic heterocycles. The lowest BCUT2D eigenvalue weighted by molar-refractivity contribution is 0.884. The fourth-order valence-corrected chi connectivity index (χ4v) is 2.82. The van der Waals surface area contributed by atoms with Crippen molar-refractivity contribution < 1.29 is 0 Å². The van der Waals surface area contributed by atoms with Crippen molar-refractivity contribution in [3.05, 3.63) is 60.2 Å². The van der Waals surface area contributed by atoms with E-state index in [4.69, 9.17) is 0 Å². The molecule has 1 atom stereocenters. The Labute approximate surface area is 121 Å². The van der Waals surface area contributed by atoms with Gasteiger partial charge in [-0.05, 0) is 49.6 Å². The van der Waals surface area contributed by atoms with Crippen LogP contribution in [0.25, 0.3) is 0 Å². The van der Waals surface area contributed by atoms with E-state index in [0.29, 0.717) is 6.04 Å². The second-order valence-electron chi connectivity index (χ2n) is 5.52. The Balaban J connectivity index is 1.66. The van der Waals surface area contributed by atoms with Crippen molar-refractivity contribution in [2.24, 2.45) is 0 Å². The highest BCUT2D eigenvalue weighted by Gasteiger charge is 2.12. The molecule has 1 unspecified atom stereocenters. The first-order chi connectivity index (χ1) is 9.83. The van der Waals surface area contributed by atoms with Crippen molar-refractivity contribution in [1.82, 2.24) is 0 Å². The van der Waals surface area contributed by atoms with Crippen LogP contribution in [0.15, 0.2) is 54.6 Å². The molecule has 2 nitrogen and oxygen atoms in total. The quantitative estimate of drug-likeness (QED) is 0.879. The minimum absolute atomic E-state index is 0.328. The average molecular weight is 266 g/mol. The Morgan fingerprint density at radius 2 is 1.55 bits per heavy atom. The van der Waals surface area contributed by atoms with E-state index in [1.54, 1.807) is 0 Å². The van der Waals surface area contributed by atoms with Crippen LogP contribution in [0.5, 0.6) is 0 Å². The number of hydrogen-bond acceptors (Lipinski definition) is 2. The summed E-state index contributed by atoms with van der Waals surface area (Å²) < 4.78 is 0. The summed E-state index contributed by atoms with van der Waals surface area (Å²) in [5, 5.41) is 3.56. The highest BCUT2D eigenvalue weighted by molar-refractivity contribution is 5.56. The SMILES string of the molecule is CC(Nc1ccc(N2CCCC2)cc1)c1ccccc1. The van der Waals surface area contributed by atoms with Gasteiger partial charge in [-0.3, -0.25) is 0 Å². The van der Waals surface area contributed by atoms with Crippen LogP contribution in [-0.2, 0) is 0 Å². The molecule has 0 amide bonds. The Morgan fingerprint density at radius 3 is 2.20 bits per heavy atom. The van der Waals surface area contributed by atoms with Gasteiger partial charge in [-0.1, -0.05) is 30.3 Å². The molecule has 2 aromatic rings. The number of rotatable bonds is 4. The third-order valence-corrected chi connectivity index (χ3v) is 4.02. The molecule has 1 saturated heterocycles. The van der Waals surface area contributed by atoms with Gasteiger partial charge in [-0.15, -0.1) is 0 Å². The van der Waals surface area contributed by atoms with Gasteiger partial charge in [0, 0.05) is 30.5 Å². The number of nitrogens with zero attached hydrogens (tertiary/aromatic N) is 1. The smallest absolute Gasteiger partial charge is 0.0485 e. The van der Waals surface area contributed by atoms with Gasteiger partial charge in [-0.25, -0.2) is 0 Å². The molecule has 0 radical (unpaired) electrons. The second-order valence-corrected chi connectivity index (χ2v) is 5.52. The van der Waals surface area contributed by atoms with Gasteiger partial charge in [0.05, 0.1) is 0 Å². The average Bonchev–Trinajstić information content (AvgIpc) is 3.03. The first kappa shape index (κ1) is 13.0. The topological polar surface area (TPSA) is 15.3 Å². The minimum Gasteiger partial charge on any atom is -0.379 e. The van der Waals surface area contributed by atoms with Gasteiger partial charge in [0.1, 0.15) is 0 Å². The fourth-order valence-electron chi connectivity index (χ4n) is 2.82. The summed E-state index contributed by atoms with van der Waals surface area (Å²) in [7, 11) is 0. The molecule has 1 aliphatic heterocycles. The van der Waals surface area contributed by atoms with E-state index in [1.807, 2.05) is 0 Å². The fraction of sp³-hybridized carbons (Fsp3) is 0.333. The molecule has 0 saturated carbocycles. The molecule has 0 bridgehead atoms. The van der Waals surface area contributed by atoms with Gasteiger partial charge in [0.15, 0.2) is 0 Å². The lowest BCUT2D eigenvalue weighted by Gasteiger charge is -2.19. The van der Waals surface area contributed by atoms with E-state index < -0.39 is 0 Å². The number of hydrogen-bond donors (Lipinski definition) is 1. The van der Waals surface area contributed by atoms with Crippen molar-refractivity contribution in [1.29, 1.82) is 0 Å². The van der Waals surface area contributed by atoms with Crippen LogP contribution in [-0.4, -0.2) is 13.1 Å². The molecule has 1 aliphatic rings. The van der Waals surface area contributed by atoms with Crippen LogP contribution >= 0.6 is 0 Å². The third kappa shape index (κ3) is 2.96. The molecular weight excluding hydrogens is 244 g/mol. The molecule has 20 heavy (non-hydrogen) atoms. The molecule has 0 aliphatic carbocycles. The lowest BCUT2D eigenvalue weighted by atomic mass is 10.1. The zero-order chi connectivity index (χ0) is 13.8. The van der Waals surface area contributed by atoms with Crippen molar-refractivity contribution >= 4 is 11.4 Å². The molecule has 3 rings (SSSR count). The van der Waals surface area contributed by atoms with E-state index in [1.165, 1.54) is 42.9 Å². The molecule has 104 valence electrons. The van der Waals surface area contributed by atoms with Gasteiger partial charge in [0.2, 0.25) is 0 Å². The normalized spacial score (nSPS) is 16.1. The van der Waals surface area contributed by atoms with Crippen molar-refractivity contribution in [3.8, 4) is 0 Å². The van der Waals surface area contributed by atoms with Crippen LogP contribution in [0.2, 0.25) is 0 Å². The summed E-state index contributed by atoms with van der Waals surface area (Å²) in [6.45, 7) is 4.60. The maximum atomic E-state index is 3.56. The maximum absolute atomic E-state index is 3.56. The molecule has 1 fully saturated rings. The predicted octanol–water partition coefficient (Wildman–Crippen LogP) is 4.46. The summed E-state index contributed by atoms with van der Waals surface area (Å²) in [4.78, 5) is 2.46. The third-order valence-electron chi connectivity index (χ3n) is 4.02. The maximum Gasteiger partial charge on any atom is 0.0485 e. The summed E-state index contributed by atoms with van der Waals surface area (Å²) in [5.41, 5.74) is 3.85. The lowest BCUT2D eigenvalue weighted by Crippen LogP contribution is -2.17. The van der Waals surface area contributed by atoms with Crippen molar-refractivity contribution in [2.45, 2.75) is 25.8 Å². The van der Waals surface area contributed by atoms with Crippen molar-refractivity contribution in [3.63, 3.8) is 0 Å². The van der Waals surface area contributed by atoms with Gasteiger partial charge in [0.25, 0.3) is 0 Å². The Hall–Kier alpha value is -1.96. The second kappa shape index (κ2) is 6.00. The molecule has 1 N–H and O–H groups in total. The summed E-state index contributed by atoms with van der Waals surface area (Å²) in [6, 6.07) is 19.7. The molecule has 2 heteroatoms. The van der Waals surface area contributed by atoms with Crippen LogP contribution in [0.3, 0.4) is 0 Å². The van der Waals surface area contributed by atoms with Gasteiger partial charge >= 0.3 is 0 Å². The van der Waals surface area contributed by atoms with Gasteiger partial charge in [-0.2, -0.15) is 0 Å². The summed E-state index contributed by atoms with van der Waals surface area (Å²) >= 11 is 0. The number of anilines is 2. The predicted molar refractivity (Wildman–Crippen MR) is 86.4 cm³/mol. The first-order valence-electron chi connectivity index (χ1n) is 7.49. The van der Waals surface area contributed by atoms with E-state index in [9.17, 15) is 0 Å². The molecule has 1 heterocycles. The molecule has 0 spiro atoms. The molecular formula is C18H22N2. The zero-order valence-electron chi connectivity index (χ0n) is 12.0. The van der Waals surface area contributed by atoms with Crippen molar-refractivity contribution in [2.75, 3.05) is 23.3 Å². The largest absolute Gasteiger partial charge is 0.379 e. The van der Waals surface area contributed by atoms with Gasteiger partial charge < -0.3 is 10.2 Å². The Morgan fingerprint density at radius 1 is 0.900 bits per heavy atom. The number of benzene rings is 2. The van der Waals surface area contributed by atoms with Crippen LogP contribution in [0.1, 0.15) is 31.4 Å². The standard InChI is InChI=1S/C18H22N2/c1-15(16-7-3-2-4-8-16)19-17-9-11-18(12-10-17)20-13-5-6-14-20/h2-4,7-12,15,19H,5-6,13-14H2,1H3. The van der Waals surface area contributed by atoms with Crippen LogP contribution in [0.4, 0.5) is 11.4 Å². The first-order valence-corrected chi connectivity index (χ1v) is 7.49. The zero-order valence-corrected chi connectivity index (χ0v) is 12.0. The Kier molecular flexibility index (Phi) is 3.91. The van der Waals surface area contributed by atoms with Crippen LogP contribution in [0, 0.1) is 0 Å². The summed E-state index contributed by atoms with van der Waals surface area (Å²) in [6.07, 6.45) is 2.65. The van der Waals surface area contributed by atoms with Crippen LogP contribution < -0.4 is 10.2 Å². The molecule has 2 aromatic carbocycles. The van der Waals surface area contributed by atoms with E-state index >= 15 is 0 Å². The Bertz CT molecular complexity index is 527. The van der Waals surface area contributed by atoms with E-state index in [2.05, 4.69) is 71.7 Å². The van der Waals surface area contributed by atoms with E-state index in [0.717, 1.165) is 0 Å². The highest BCUT2D eigenvalue weighted by Crippen LogP contribution is 2.24. The highest BCUT2D eigenvalue weighted by atomic mass is 15.1. The van der Waals surface area contributed by atoms with E-state index in [-0.39, 0.29) is 0 Å². The number of nitrogens with one attached hydrogen (secondary N) is 1. The minimum atomic E-state index is 0.328. The summed E-state index contributed by atoms with van der Waals surface area (Å²) in [5.74, 6) is 0. The monoisotopic (exact) mass is 266 g/mol.